The molecule has 0 saturated carbocycles. The van der Waals surface area contributed by atoms with Gasteiger partial charge in [0.25, 0.3) is 0 Å². The fourth-order valence-electron chi connectivity index (χ4n) is 3.97. The number of methoxy groups -OCH3 is 1. The molecule has 0 aliphatic carbocycles. The maximum Gasteiger partial charge on any atom is 0.244 e. The average Bonchev–Trinajstić information content (AvgIpc) is 3.32. The number of benzene rings is 1. The first kappa shape index (κ1) is 22.5. The van der Waals surface area contributed by atoms with E-state index in [0.29, 0.717) is 34.7 Å². The second kappa shape index (κ2) is 9.03. The van der Waals surface area contributed by atoms with Crippen LogP contribution in [-0.4, -0.2) is 63.2 Å². The number of piperazine rings is 1. The summed E-state index contributed by atoms with van der Waals surface area (Å²) >= 11 is 12.6. The lowest BCUT2D eigenvalue weighted by molar-refractivity contribution is -0.134. The van der Waals surface area contributed by atoms with Crippen LogP contribution >= 0.6 is 23.2 Å². The number of ether oxygens (including phenoxy) is 1. The summed E-state index contributed by atoms with van der Waals surface area (Å²) in [6.07, 6.45) is 1.81. The Hall–Kier alpha value is -2.71. The molecule has 4 rings (SSSR count). The molecular weight excluding hydrogens is 451 g/mol. The lowest BCUT2D eigenvalue weighted by atomic mass is 10.1. The van der Waals surface area contributed by atoms with E-state index in [-0.39, 0.29) is 18.5 Å². The Bertz CT molecular complexity index is 1140. The molecule has 1 fully saturated rings. The van der Waals surface area contributed by atoms with Crippen molar-refractivity contribution in [2.24, 2.45) is 0 Å². The molecule has 0 N–H and O–H groups in total. The average molecular weight is 477 g/mol. The summed E-state index contributed by atoms with van der Waals surface area (Å²) in [6.45, 7) is 7.99. The summed E-state index contributed by atoms with van der Waals surface area (Å²) in [4.78, 5) is 17.3. The summed E-state index contributed by atoms with van der Waals surface area (Å²) in [5.41, 5.74) is 2.64. The van der Waals surface area contributed by atoms with Gasteiger partial charge >= 0.3 is 0 Å². The summed E-state index contributed by atoms with van der Waals surface area (Å²) in [6, 6.07) is 7.66. The van der Waals surface area contributed by atoms with Crippen molar-refractivity contribution in [3.05, 3.63) is 51.9 Å². The minimum absolute atomic E-state index is 0.0105. The summed E-state index contributed by atoms with van der Waals surface area (Å²) < 4.78 is 8.62. The van der Waals surface area contributed by atoms with E-state index in [0.717, 1.165) is 23.6 Å². The monoisotopic (exact) mass is 476 g/mol. The largest absolute Gasteiger partial charge is 0.495 e. The molecule has 1 aliphatic rings. The first-order chi connectivity index (χ1) is 15.3. The van der Waals surface area contributed by atoms with Gasteiger partial charge in [0.15, 0.2) is 5.82 Å². The number of rotatable bonds is 5. The number of aryl methyl sites for hydroxylation is 1. The number of amides is 1. The number of halogens is 2. The normalized spacial score (nSPS) is 16.5. The van der Waals surface area contributed by atoms with Gasteiger partial charge in [-0.05, 0) is 39.0 Å². The number of anilines is 1. The predicted molar refractivity (Wildman–Crippen MR) is 125 cm³/mol. The van der Waals surface area contributed by atoms with Gasteiger partial charge in [0.2, 0.25) is 5.91 Å². The predicted octanol–water partition coefficient (Wildman–Crippen LogP) is 3.74. The van der Waals surface area contributed by atoms with E-state index in [1.54, 1.807) is 16.5 Å². The van der Waals surface area contributed by atoms with Gasteiger partial charge in [0, 0.05) is 43.6 Å². The molecule has 0 bridgehead atoms. The zero-order valence-electron chi connectivity index (χ0n) is 18.5. The standard InChI is InChI=1S/C22H26Cl2N6O2/c1-14-7-8-29(25-14)22-21(24)16(3)30(26-22)13-20(31)28-10-9-27(12-15(28)2)17-5-6-18(23)19(11-17)32-4/h5-8,11,15H,9-10,12-13H2,1-4H3/t15-/m0/s1. The van der Waals surface area contributed by atoms with Gasteiger partial charge in [-0.15, -0.1) is 0 Å². The minimum atomic E-state index is 0.0105. The highest BCUT2D eigenvalue weighted by atomic mass is 35.5. The van der Waals surface area contributed by atoms with Crippen molar-refractivity contribution in [3.8, 4) is 11.6 Å². The van der Waals surface area contributed by atoms with Crippen molar-refractivity contribution in [1.29, 1.82) is 0 Å². The molecule has 2 aromatic heterocycles. The molecule has 32 heavy (non-hydrogen) atoms. The van der Waals surface area contributed by atoms with Crippen LogP contribution in [0.5, 0.6) is 5.75 Å². The lowest BCUT2D eigenvalue weighted by Crippen LogP contribution is -2.54. The van der Waals surface area contributed by atoms with Crippen molar-refractivity contribution < 1.29 is 9.53 Å². The maximum atomic E-state index is 13.1. The van der Waals surface area contributed by atoms with Gasteiger partial charge in [-0.25, -0.2) is 4.68 Å². The molecule has 1 saturated heterocycles. The second-order valence-corrected chi connectivity index (χ2v) is 8.77. The van der Waals surface area contributed by atoms with Gasteiger partial charge in [0.1, 0.15) is 17.3 Å². The quantitative estimate of drug-likeness (QED) is 0.560. The van der Waals surface area contributed by atoms with Crippen LogP contribution in [0, 0.1) is 13.8 Å². The smallest absolute Gasteiger partial charge is 0.244 e. The minimum Gasteiger partial charge on any atom is -0.495 e. The van der Waals surface area contributed by atoms with Crippen molar-refractivity contribution in [2.75, 3.05) is 31.6 Å². The van der Waals surface area contributed by atoms with E-state index in [9.17, 15) is 4.79 Å². The SMILES string of the molecule is COc1cc(N2CCN(C(=O)Cn3nc(-n4ccc(C)n4)c(Cl)c3C)[C@@H](C)C2)ccc1Cl. The molecule has 1 aliphatic heterocycles. The molecule has 170 valence electrons. The van der Waals surface area contributed by atoms with E-state index in [1.807, 2.05) is 49.2 Å². The third kappa shape index (κ3) is 4.29. The Balaban J connectivity index is 1.45. The van der Waals surface area contributed by atoms with E-state index in [2.05, 4.69) is 22.0 Å². The van der Waals surface area contributed by atoms with E-state index >= 15 is 0 Å². The second-order valence-electron chi connectivity index (χ2n) is 7.98. The van der Waals surface area contributed by atoms with Crippen LogP contribution in [-0.2, 0) is 11.3 Å². The van der Waals surface area contributed by atoms with Gasteiger partial charge in [-0.1, -0.05) is 23.2 Å². The Morgan fingerprint density at radius 3 is 2.62 bits per heavy atom. The summed E-state index contributed by atoms with van der Waals surface area (Å²) in [5, 5.41) is 9.99. The molecule has 0 spiro atoms. The Morgan fingerprint density at radius 1 is 1.19 bits per heavy atom. The van der Waals surface area contributed by atoms with Gasteiger partial charge < -0.3 is 14.5 Å². The van der Waals surface area contributed by atoms with Crippen molar-refractivity contribution in [1.82, 2.24) is 24.5 Å². The van der Waals surface area contributed by atoms with Crippen LogP contribution in [0.2, 0.25) is 10.0 Å². The van der Waals surface area contributed by atoms with Crippen LogP contribution in [0.4, 0.5) is 5.69 Å². The fourth-order valence-corrected chi connectivity index (χ4v) is 4.39. The molecule has 8 nitrogen and oxygen atoms in total. The van der Waals surface area contributed by atoms with Crippen molar-refractivity contribution in [2.45, 2.75) is 33.4 Å². The maximum absolute atomic E-state index is 13.1. The number of hydrogen-bond acceptors (Lipinski definition) is 5. The third-order valence-corrected chi connectivity index (χ3v) is 6.54. The Kier molecular flexibility index (Phi) is 6.35. The topological polar surface area (TPSA) is 68.4 Å². The highest BCUT2D eigenvalue weighted by molar-refractivity contribution is 6.33. The zero-order valence-corrected chi connectivity index (χ0v) is 20.1. The zero-order chi connectivity index (χ0) is 23.0. The fraction of sp³-hybridized carbons (Fsp3) is 0.409. The van der Waals surface area contributed by atoms with Crippen molar-refractivity contribution in [3.63, 3.8) is 0 Å². The van der Waals surface area contributed by atoms with Crippen LogP contribution in [0.1, 0.15) is 18.3 Å². The van der Waals surface area contributed by atoms with Gasteiger partial charge in [-0.3, -0.25) is 9.48 Å². The lowest BCUT2D eigenvalue weighted by Gasteiger charge is -2.41. The summed E-state index contributed by atoms with van der Waals surface area (Å²) in [7, 11) is 1.60. The van der Waals surface area contributed by atoms with Crippen molar-refractivity contribution >= 4 is 34.8 Å². The first-order valence-electron chi connectivity index (χ1n) is 10.4. The highest BCUT2D eigenvalue weighted by Crippen LogP contribution is 2.30. The molecule has 0 radical (unpaired) electrons. The molecule has 1 amide bonds. The number of carbonyl (C=O) groups is 1. The summed E-state index contributed by atoms with van der Waals surface area (Å²) in [5.74, 6) is 1.18. The van der Waals surface area contributed by atoms with Gasteiger partial charge in [-0.2, -0.15) is 10.2 Å². The van der Waals surface area contributed by atoms with Crippen LogP contribution in [0.3, 0.4) is 0 Å². The first-order valence-corrected chi connectivity index (χ1v) is 11.2. The molecule has 3 aromatic rings. The Labute approximate surface area is 197 Å². The molecule has 10 heteroatoms. The van der Waals surface area contributed by atoms with Crippen LogP contribution in [0.15, 0.2) is 30.5 Å². The number of hydrogen-bond donors (Lipinski definition) is 0. The van der Waals surface area contributed by atoms with Crippen LogP contribution in [0.25, 0.3) is 5.82 Å². The number of carbonyl (C=O) groups excluding carboxylic acids is 1. The van der Waals surface area contributed by atoms with E-state index in [4.69, 9.17) is 27.9 Å². The molecule has 1 aromatic carbocycles. The highest BCUT2D eigenvalue weighted by Gasteiger charge is 2.29. The molecule has 1 atom stereocenters. The molecular formula is C22H26Cl2N6O2. The van der Waals surface area contributed by atoms with E-state index < -0.39 is 0 Å². The van der Waals surface area contributed by atoms with E-state index in [1.165, 1.54) is 0 Å². The third-order valence-electron chi connectivity index (χ3n) is 5.79. The molecule has 0 unspecified atom stereocenters. The van der Waals surface area contributed by atoms with Crippen LogP contribution < -0.4 is 9.64 Å². The Morgan fingerprint density at radius 2 is 1.97 bits per heavy atom. The van der Waals surface area contributed by atoms with Gasteiger partial charge in [0.05, 0.1) is 23.5 Å². The number of nitrogens with zero attached hydrogens (tertiary/aromatic N) is 6. The molecule has 3 heterocycles. The number of aromatic nitrogens is 4.